The zero-order valence-corrected chi connectivity index (χ0v) is 11.3. The molecule has 0 saturated carbocycles. The summed E-state index contributed by atoms with van der Waals surface area (Å²) in [5.41, 5.74) is 0. The number of rotatable bonds is 4. The zero-order valence-electron chi connectivity index (χ0n) is 10.5. The zero-order chi connectivity index (χ0) is 12.6. The maximum absolute atomic E-state index is 12.2. The maximum atomic E-state index is 12.2. The van der Waals surface area contributed by atoms with Gasteiger partial charge in [0.05, 0.1) is 6.10 Å². The lowest BCUT2D eigenvalue weighted by Gasteiger charge is -2.36. The molecule has 0 aromatic carbocycles. The quantitative estimate of drug-likeness (QED) is 0.773. The van der Waals surface area contributed by atoms with Crippen LogP contribution in [0.4, 0.5) is 0 Å². The monoisotopic (exact) mass is 262 g/mol. The standard InChI is InChI=1S/C11H22N2O3S/c1-8(2)7-12-17(15,16)13-9-3-4-10(13)6-11(14)5-9/h8-12,14H,3-7H2,1-2H3. The first kappa shape index (κ1) is 13.3. The fraction of sp³-hybridized carbons (Fsp3) is 1.00. The van der Waals surface area contributed by atoms with Gasteiger partial charge in [-0.2, -0.15) is 12.7 Å². The Balaban J connectivity index is 2.07. The molecule has 0 spiro atoms. The molecule has 2 rings (SSSR count). The van der Waals surface area contributed by atoms with E-state index in [1.54, 1.807) is 4.31 Å². The Morgan fingerprint density at radius 3 is 2.29 bits per heavy atom. The van der Waals surface area contributed by atoms with Gasteiger partial charge in [-0.3, -0.25) is 0 Å². The molecule has 2 heterocycles. The number of aliphatic hydroxyl groups is 1. The summed E-state index contributed by atoms with van der Waals surface area (Å²) in [6.45, 7) is 4.44. The molecule has 0 radical (unpaired) electrons. The van der Waals surface area contributed by atoms with Crippen molar-refractivity contribution < 1.29 is 13.5 Å². The summed E-state index contributed by atoms with van der Waals surface area (Å²) in [5.74, 6) is 0.304. The minimum absolute atomic E-state index is 0.00610. The third-order valence-corrected chi connectivity index (χ3v) is 5.28. The van der Waals surface area contributed by atoms with Crippen molar-refractivity contribution in [1.29, 1.82) is 0 Å². The Hall–Kier alpha value is -0.170. The molecule has 17 heavy (non-hydrogen) atoms. The highest BCUT2D eigenvalue weighted by Gasteiger charge is 2.46. The maximum Gasteiger partial charge on any atom is 0.279 e. The van der Waals surface area contributed by atoms with Gasteiger partial charge in [-0.1, -0.05) is 13.8 Å². The van der Waals surface area contributed by atoms with Crippen LogP contribution in [0.5, 0.6) is 0 Å². The van der Waals surface area contributed by atoms with Crippen LogP contribution < -0.4 is 4.72 Å². The van der Waals surface area contributed by atoms with E-state index in [4.69, 9.17) is 0 Å². The number of aliphatic hydroxyl groups excluding tert-OH is 1. The number of nitrogens with zero attached hydrogens (tertiary/aromatic N) is 1. The van der Waals surface area contributed by atoms with Crippen molar-refractivity contribution in [3.05, 3.63) is 0 Å². The second kappa shape index (κ2) is 4.84. The summed E-state index contributed by atoms with van der Waals surface area (Å²) in [6, 6.07) is -0.0122. The normalized spacial score (nSPS) is 34.5. The molecule has 2 unspecified atom stereocenters. The van der Waals surface area contributed by atoms with E-state index in [1.807, 2.05) is 13.8 Å². The molecule has 0 aliphatic carbocycles. The summed E-state index contributed by atoms with van der Waals surface area (Å²) >= 11 is 0. The van der Waals surface area contributed by atoms with E-state index in [-0.39, 0.29) is 18.2 Å². The minimum atomic E-state index is -3.37. The first-order chi connectivity index (χ1) is 7.90. The highest BCUT2D eigenvalue weighted by Crippen LogP contribution is 2.37. The molecule has 2 bridgehead atoms. The van der Waals surface area contributed by atoms with E-state index in [1.165, 1.54) is 0 Å². The van der Waals surface area contributed by atoms with Crippen LogP contribution in [0.3, 0.4) is 0 Å². The molecular weight excluding hydrogens is 240 g/mol. The van der Waals surface area contributed by atoms with Crippen LogP contribution in [0.1, 0.15) is 39.5 Å². The molecule has 2 N–H and O–H groups in total. The number of fused-ring (bicyclic) bond motifs is 2. The van der Waals surface area contributed by atoms with Gasteiger partial charge < -0.3 is 5.11 Å². The van der Waals surface area contributed by atoms with Gasteiger partial charge in [0.25, 0.3) is 10.2 Å². The Kier molecular flexibility index (Phi) is 3.77. The van der Waals surface area contributed by atoms with Gasteiger partial charge >= 0.3 is 0 Å². The van der Waals surface area contributed by atoms with Gasteiger partial charge in [0.15, 0.2) is 0 Å². The van der Waals surface area contributed by atoms with Crippen molar-refractivity contribution >= 4 is 10.2 Å². The van der Waals surface area contributed by atoms with E-state index >= 15 is 0 Å². The Morgan fingerprint density at radius 2 is 1.82 bits per heavy atom. The molecule has 6 heteroatoms. The minimum Gasteiger partial charge on any atom is -0.393 e. The van der Waals surface area contributed by atoms with Crippen LogP contribution >= 0.6 is 0 Å². The van der Waals surface area contributed by atoms with E-state index in [0.717, 1.165) is 12.8 Å². The van der Waals surface area contributed by atoms with Crippen molar-refractivity contribution in [2.75, 3.05) is 6.54 Å². The van der Waals surface area contributed by atoms with Gasteiger partial charge in [0.2, 0.25) is 0 Å². The fourth-order valence-electron chi connectivity index (χ4n) is 2.84. The lowest BCUT2D eigenvalue weighted by Crippen LogP contribution is -2.52. The van der Waals surface area contributed by atoms with Gasteiger partial charge in [0, 0.05) is 18.6 Å². The topological polar surface area (TPSA) is 69.6 Å². The van der Waals surface area contributed by atoms with Crippen LogP contribution in [0.25, 0.3) is 0 Å². The summed E-state index contributed by atoms with van der Waals surface area (Å²) in [6.07, 6.45) is 2.59. The van der Waals surface area contributed by atoms with E-state index in [9.17, 15) is 13.5 Å². The third-order valence-electron chi connectivity index (χ3n) is 3.59. The molecule has 2 aliphatic rings. The molecule has 0 aromatic heterocycles. The summed E-state index contributed by atoms with van der Waals surface area (Å²) in [5, 5.41) is 9.65. The van der Waals surface area contributed by atoms with Crippen molar-refractivity contribution in [1.82, 2.24) is 9.03 Å². The van der Waals surface area contributed by atoms with Crippen LogP contribution in [0.2, 0.25) is 0 Å². The van der Waals surface area contributed by atoms with Crippen LogP contribution in [0.15, 0.2) is 0 Å². The highest BCUT2D eigenvalue weighted by atomic mass is 32.2. The van der Waals surface area contributed by atoms with Crippen molar-refractivity contribution in [3.8, 4) is 0 Å². The average molecular weight is 262 g/mol. The third kappa shape index (κ3) is 2.81. The molecule has 2 fully saturated rings. The Morgan fingerprint density at radius 1 is 1.29 bits per heavy atom. The van der Waals surface area contributed by atoms with Crippen molar-refractivity contribution in [2.45, 2.75) is 57.7 Å². The number of nitrogens with one attached hydrogen (secondary N) is 1. The van der Waals surface area contributed by atoms with Crippen molar-refractivity contribution in [3.63, 3.8) is 0 Å². The van der Waals surface area contributed by atoms with E-state index < -0.39 is 10.2 Å². The number of hydrogen-bond donors (Lipinski definition) is 2. The largest absolute Gasteiger partial charge is 0.393 e. The Bertz CT molecular complexity index is 355. The predicted octanol–water partition coefficient (Wildman–Crippen LogP) is 0.464. The SMILES string of the molecule is CC(C)CNS(=O)(=O)N1C2CCC1CC(O)C2. The van der Waals surface area contributed by atoms with Crippen LogP contribution in [-0.2, 0) is 10.2 Å². The summed E-state index contributed by atoms with van der Waals surface area (Å²) < 4.78 is 28.6. The smallest absolute Gasteiger partial charge is 0.279 e. The molecular formula is C11H22N2O3S. The fourth-order valence-corrected chi connectivity index (χ4v) is 4.71. The van der Waals surface area contributed by atoms with Crippen molar-refractivity contribution in [2.24, 2.45) is 5.92 Å². The molecule has 2 saturated heterocycles. The van der Waals surface area contributed by atoms with Crippen LogP contribution in [0, 0.1) is 5.92 Å². The predicted molar refractivity (Wildman–Crippen MR) is 65.7 cm³/mol. The highest BCUT2D eigenvalue weighted by molar-refractivity contribution is 7.87. The molecule has 0 amide bonds. The molecule has 2 aliphatic heterocycles. The second-order valence-corrected chi connectivity index (χ2v) is 7.25. The van der Waals surface area contributed by atoms with Gasteiger partial charge in [-0.05, 0) is 31.6 Å². The number of hydrogen-bond acceptors (Lipinski definition) is 3. The first-order valence-corrected chi connectivity index (χ1v) is 7.80. The lowest BCUT2D eigenvalue weighted by molar-refractivity contribution is 0.0762. The van der Waals surface area contributed by atoms with E-state index in [0.29, 0.717) is 25.3 Å². The lowest BCUT2D eigenvalue weighted by atomic mass is 10.0. The van der Waals surface area contributed by atoms with Gasteiger partial charge in [-0.15, -0.1) is 0 Å². The molecule has 5 nitrogen and oxygen atoms in total. The summed E-state index contributed by atoms with van der Waals surface area (Å²) in [7, 11) is -3.37. The second-order valence-electron chi connectivity index (χ2n) is 5.59. The molecule has 0 aromatic rings. The van der Waals surface area contributed by atoms with E-state index in [2.05, 4.69) is 4.72 Å². The number of piperidine rings is 1. The Labute approximate surface area is 103 Å². The molecule has 2 atom stereocenters. The average Bonchev–Trinajstić information content (AvgIpc) is 2.50. The first-order valence-electron chi connectivity index (χ1n) is 6.36. The van der Waals surface area contributed by atoms with Gasteiger partial charge in [0.1, 0.15) is 0 Å². The summed E-state index contributed by atoms with van der Waals surface area (Å²) in [4.78, 5) is 0. The molecule has 100 valence electrons. The van der Waals surface area contributed by atoms with Gasteiger partial charge in [-0.25, -0.2) is 4.72 Å². The van der Waals surface area contributed by atoms with Crippen LogP contribution in [-0.4, -0.2) is 42.6 Å².